The van der Waals surface area contributed by atoms with Crippen LogP contribution in [0.5, 0.6) is 0 Å². The van der Waals surface area contributed by atoms with Crippen molar-refractivity contribution in [3.8, 4) is 10.4 Å². The molecule has 2 heterocycles. The maximum atomic E-state index is 13.7. The lowest BCUT2D eigenvalue weighted by molar-refractivity contribution is -0.135. The number of carbonyl (C=O) groups is 1. The van der Waals surface area contributed by atoms with Crippen LogP contribution in [0.3, 0.4) is 0 Å². The zero-order chi connectivity index (χ0) is 25.8. The second-order valence-corrected chi connectivity index (χ2v) is 11.2. The van der Waals surface area contributed by atoms with E-state index in [-0.39, 0.29) is 12.4 Å². The Bertz CT molecular complexity index is 1200. The van der Waals surface area contributed by atoms with Gasteiger partial charge in [-0.3, -0.25) is 9.69 Å². The van der Waals surface area contributed by atoms with Crippen LogP contribution in [-0.4, -0.2) is 60.2 Å². The van der Waals surface area contributed by atoms with Crippen molar-refractivity contribution in [3.63, 3.8) is 0 Å². The number of aliphatic carboxylic acids is 1. The first-order valence-corrected chi connectivity index (χ1v) is 13.2. The molecule has 2 aromatic carbocycles. The zero-order valence-corrected chi connectivity index (χ0v) is 22.3. The van der Waals surface area contributed by atoms with Gasteiger partial charge in [-0.25, -0.2) is 9.37 Å². The van der Waals surface area contributed by atoms with Gasteiger partial charge in [0.25, 0.3) is 0 Å². The van der Waals surface area contributed by atoms with E-state index in [2.05, 4.69) is 42.7 Å². The molecule has 1 aromatic heterocycles. The van der Waals surface area contributed by atoms with Crippen LogP contribution in [0.2, 0.25) is 0 Å². The number of aromatic nitrogens is 1. The van der Waals surface area contributed by atoms with Crippen molar-refractivity contribution in [2.45, 2.75) is 39.8 Å². The van der Waals surface area contributed by atoms with Gasteiger partial charge in [0, 0.05) is 51.2 Å². The molecule has 192 valence electrons. The van der Waals surface area contributed by atoms with Crippen molar-refractivity contribution in [2.75, 3.05) is 43.0 Å². The SMILES string of the molecule is Cc1cc(CN2CCN(c3ncc(-c4cccc(F)c4)s3)[C@H](CC(C)C)C2)cc(N(C)CC(=O)O)c1. The average Bonchev–Trinajstić information content (AvgIpc) is 3.28. The van der Waals surface area contributed by atoms with Gasteiger partial charge in [-0.05, 0) is 60.2 Å². The number of aryl methyl sites for hydroxylation is 1. The molecule has 1 aliphatic rings. The molecule has 3 aromatic rings. The van der Waals surface area contributed by atoms with Crippen LogP contribution in [0.4, 0.5) is 15.2 Å². The number of hydrogen-bond donors (Lipinski definition) is 1. The van der Waals surface area contributed by atoms with E-state index in [1.807, 2.05) is 25.4 Å². The van der Waals surface area contributed by atoms with Crippen molar-refractivity contribution in [1.29, 1.82) is 0 Å². The third-order valence-corrected chi connectivity index (χ3v) is 7.58. The molecular formula is C28H35FN4O2S. The van der Waals surface area contributed by atoms with E-state index in [9.17, 15) is 9.18 Å². The highest BCUT2D eigenvalue weighted by Crippen LogP contribution is 2.34. The summed E-state index contributed by atoms with van der Waals surface area (Å²) in [5.74, 6) is -0.520. The van der Waals surface area contributed by atoms with Crippen LogP contribution in [0, 0.1) is 18.7 Å². The lowest BCUT2D eigenvalue weighted by atomic mass is 10.00. The topological polar surface area (TPSA) is 59.9 Å². The van der Waals surface area contributed by atoms with Gasteiger partial charge in [-0.2, -0.15) is 0 Å². The second kappa shape index (κ2) is 11.4. The number of carboxylic acid groups (broad SMARTS) is 1. The number of carboxylic acids is 1. The fourth-order valence-electron chi connectivity index (χ4n) is 4.94. The maximum absolute atomic E-state index is 13.7. The second-order valence-electron chi connectivity index (χ2n) is 10.2. The lowest BCUT2D eigenvalue weighted by Gasteiger charge is -2.42. The number of anilines is 2. The van der Waals surface area contributed by atoms with Gasteiger partial charge < -0.3 is 14.9 Å². The number of hydrogen-bond acceptors (Lipinski definition) is 6. The molecule has 1 saturated heterocycles. The predicted molar refractivity (Wildman–Crippen MR) is 145 cm³/mol. The summed E-state index contributed by atoms with van der Waals surface area (Å²) in [6.45, 7) is 10.1. The summed E-state index contributed by atoms with van der Waals surface area (Å²) in [6.07, 6.45) is 2.92. The minimum absolute atomic E-state index is 0.0244. The molecule has 6 nitrogen and oxygen atoms in total. The molecule has 1 atom stereocenters. The number of halogens is 1. The van der Waals surface area contributed by atoms with Crippen molar-refractivity contribution in [2.24, 2.45) is 5.92 Å². The third-order valence-electron chi connectivity index (χ3n) is 6.50. The lowest BCUT2D eigenvalue weighted by Crippen LogP contribution is -2.53. The van der Waals surface area contributed by atoms with Gasteiger partial charge in [0.1, 0.15) is 12.4 Å². The van der Waals surface area contributed by atoms with Crippen molar-refractivity contribution in [3.05, 3.63) is 65.6 Å². The Labute approximate surface area is 217 Å². The molecule has 0 amide bonds. The first-order chi connectivity index (χ1) is 17.2. The highest BCUT2D eigenvalue weighted by molar-refractivity contribution is 7.18. The normalized spacial score (nSPS) is 16.5. The Kier molecular flexibility index (Phi) is 8.26. The third kappa shape index (κ3) is 6.62. The van der Waals surface area contributed by atoms with Crippen molar-refractivity contribution in [1.82, 2.24) is 9.88 Å². The van der Waals surface area contributed by atoms with E-state index in [0.717, 1.165) is 59.4 Å². The van der Waals surface area contributed by atoms with Gasteiger partial charge in [0.15, 0.2) is 5.13 Å². The van der Waals surface area contributed by atoms with E-state index in [0.29, 0.717) is 12.0 Å². The summed E-state index contributed by atoms with van der Waals surface area (Å²) < 4.78 is 13.7. The van der Waals surface area contributed by atoms with Crippen LogP contribution in [0.25, 0.3) is 10.4 Å². The van der Waals surface area contributed by atoms with Crippen molar-refractivity contribution < 1.29 is 14.3 Å². The molecule has 1 N–H and O–H groups in total. The standard InChI is InChI=1S/C28H35FN4O2S/c1-19(2)10-25-17-32(16-21-11-20(3)12-24(13-21)31(4)18-27(34)35)8-9-33(25)28-30-15-26(36-28)22-6-5-7-23(29)14-22/h5-7,11-15,19,25H,8-10,16-18H2,1-4H3,(H,34,35)/t25-/m1/s1. The largest absolute Gasteiger partial charge is 0.480 e. The molecular weight excluding hydrogens is 475 g/mol. The van der Waals surface area contributed by atoms with E-state index < -0.39 is 5.97 Å². The Hall–Kier alpha value is -2.97. The molecule has 36 heavy (non-hydrogen) atoms. The predicted octanol–water partition coefficient (Wildman–Crippen LogP) is 5.52. The number of piperazine rings is 1. The number of nitrogens with zero attached hydrogens (tertiary/aromatic N) is 4. The number of likely N-dealkylation sites (N-methyl/N-ethyl adjacent to an activating group) is 1. The van der Waals surface area contributed by atoms with E-state index >= 15 is 0 Å². The Morgan fingerprint density at radius 1 is 1.25 bits per heavy atom. The molecule has 4 rings (SSSR count). The summed E-state index contributed by atoms with van der Waals surface area (Å²) >= 11 is 1.63. The zero-order valence-electron chi connectivity index (χ0n) is 21.4. The number of thiazole rings is 1. The van der Waals surface area contributed by atoms with Gasteiger partial charge in [0.05, 0.1) is 4.88 Å². The highest BCUT2D eigenvalue weighted by atomic mass is 32.1. The first-order valence-electron chi connectivity index (χ1n) is 12.4. The number of rotatable bonds is 9. The highest BCUT2D eigenvalue weighted by Gasteiger charge is 2.29. The van der Waals surface area contributed by atoms with E-state index in [4.69, 9.17) is 10.1 Å². The Morgan fingerprint density at radius 2 is 2.06 bits per heavy atom. The maximum Gasteiger partial charge on any atom is 0.323 e. The molecule has 0 spiro atoms. The van der Waals surface area contributed by atoms with Gasteiger partial charge in [0.2, 0.25) is 0 Å². The van der Waals surface area contributed by atoms with E-state index in [1.54, 1.807) is 28.4 Å². The smallest absolute Gasteiger partial charge is 0.323 e. The molecule has 0 bridgehead atoms. The van der Waals surface area contributed by atoms with Crippen LogP contribution < -0.4 is 9.80 Å². The fraction of sp³-hybridized carbons (Fsp3) is 0.429. The minimum Gasteiger partial charge on any atom is -0.480 e. The molecule has 1 aliphatic heterocycles. The average molecular weight is 511 g/mol. The summed E-state index contributed by atoms with van der Waals surface area (Å²) in [5, 5.41) is 10.2. The first kappa shape index (κ1) is 26.1. The molecule has 1 fully saturated rings. The molecule has 0 radical (unpaired) electrons. The van der Waals surface area contributed by atoms with Crippen LogP contribution in [0.15, 0.2) is 48.7 Å². The Morgan fingerprint density at radius 3 is 2.78 bits per heavy atom. The van der Waals surface area contributed by atoms with Crippen LogP contribution in [-0.2, 0) is 11.3 Å². The quantitative estimate of drug-likeness (QED) is 0.409. The summed E-state index contributed by atoms with van der Waals surface area (Å²) in [5.41, 5.74) is 4.12. The van der Waals surface area contributed by atoms with Crippen LogP contribution in [0.1, 0.15) is 31.4 Å². The monoisotopic (exact) mass is 510 g/mol. The van der Waals surface area contributed by atoms with Crippen LogP contribution >= 0.6 is 11.3 Å². The van der Waals surface area contributed by atoms with Crippen molar-refractivity contribution >= 4 is 28.1 Å². The number of benzene rings is 2. The summed E-state index contributed by atoms with van der Waals surface area (Å²) in [4.78, 5) is 23.6. The minimum atomic E-state index is -0.837. The molecule has 8 heteroatoms. The molecule has 0 saturated carbocycles. The van der Waals surface area contributed by atoms with E-state index in [1.165, 1.54) is 11.6 Å². The van der Waals surface area contributed by atoms with Gasteiger partial charge >= 0.3 is 5.97 Å². The molecule has 0 aliphatic carbocycles. The molecule has 0 unspecified atom stereocenters. The summed E-state index contributed by atoms with van der Waals surface area (Å²) in [7, 11) is 1.82. The van der Waals surface area contributed by atoms with Gasteiger partial charge in [-0.1, -0.05) is 43.4 Å². The van der Waals surface area contributed by atoms with Gasteiger partial charge in [-0.15, -0.1) is 0 Å². The fourth-order valence-corrected chi connectivity index (χ4v) is 5.95. The summed E-state index contributed by atoms with van der Waals surface area (Å²) in [6, 6.07) is 13.3. The Balaban J connectivity index is 1.49.